The van der Waals surface area contributed by atoms with E-state index in [0.29, 0.717) is 11.1 Å². The van der Waals surface area contributed by atoms with E-state index < -0.39 is 36.1 Å². The van der Waals surface area contributed by atoms with Crippen LogP contribution in [0.5, 0.6) is 0 Å². The minimum Gasteiger partial charge on any atom is -0.464 e. The van der Waals surface area contributed by atoms with Crippen LogP contribution in [0.15, 0.2) is 24.3 Å². The molecule has 0 unspecified atom stereocenters. The van der Waals surface area contributed by atoms with E-state index in [1.807, 2.05) is 0 Å². The number of ether oxygens (including phenoxy) is 2. The molecule has 0 aliphatic carbocycles. The van der Waals surface area contributed by atoms with E-state index in [4.69, 9.17) is 9.47 Å². The van der Waals surface area contributed by atoms with Gasteiger partial charge in [0.25, 0.3) is 0 Å². The number of carbonyl (C=O) groups excluding carboxylic acids is 3. The Hall–Kier alpha value is -2.22. The van der Waals surface area contributed by atoms with Gasteiger partial charge in [0, 0.05) is 6.92 Å². The van der Waals surface area contributed by atoms with Gasteiger partial charge in [-0.25, -0.2) is 9.59 Å². The lowest BCUT2D eigenvalue weighted by atomic mass is 9.84. The topological polar surface area (TPSA) is 139 Å². The number of benzene rings is 1. The van der Waals surface area contributed by atoms with Crippen molar-refractivity contribution in [3.05, 3.63) is 35.4 Å². The molecule has 9 nitrogen and oxygen atoms in total. The summed E-state index contributed by atoms with van der Waals surface area (Å²) in [7, 11) is -4.56. The van der Waals surface area contributed by atoms with Crippen LogP contribution < -0.4 is 5.32 Å². The molecule has 1 amide bonds. The fourth-order valence-electron chi connectivity index (χ4n) is 3.98. The number of esters is 2. The Kier molecular flexibility index (Phi) is 10.1. The second-order valence-electron chi connectivity index (χ2n) is 7.47. The predicted molar refractivity (Wildman–Crippen MR) is 119 cm³/mol. The van der Waals surface area contributed by atoms with Gasteiger partial charge in [0.2, 0.25) is 11.4 Å². The molecular formula is C22H34NO8P. The number of amides is 1. The highest BCUT2D eigenvalue weighted by atomic mass is 31.2. The summed E-state index contributed by atoms with van der Waals surface area (Å²) in [6.07, 6.45) is 0.247. The van der Waals surface area contributed by atoms with Crippen LogP contribution >= 0.6 is 7.60 Å². The molecule has 0 spiro atoms. The molecule has 0 saturated heterocycles. The molecule has 0 fully saturated rings. The van der Waals surface area contributed by atoms with Gasteiger partial charge in [-0.05, 0) is 50.7 Å². The zero-order chi connectivity index (χ0) is 24.6. The minimum atomic E-state index is -4.56. The van der Waals surface area contributed by atoms with Crippen molar-refractivity contribution in [2.75, 3.05) is 13.2 Å². The fraction of sp³-hybridized carbons (Fsp3) is 0.591. The highest BCUT2D eigenvalue weighted by Crippen LogP contribution is 2.61. The second-order valence-corrected chi connectivity index (χ2v) is 9.41. The van der Waals surface area contributed by atoms with Crippen molar-refractivity contribution < 1.29 is 38.2 Å². The van der Waals surface area contributed by atoms with Gasteiger partial charge in [0.15, 0.2) is 0 Å². The molecule has 180 valence electrons. The number of hydrogen-bond acceptors (Lipinski definition) is 6. The number of rotatable bonds is 12. The van der Waals surface area contributed by atoms with Crippen molar-refractivity contribution in [1.82, 2.24) is 5.32 Å². The van der Waals surface area contributed by atoms with Gasteiger partial charge in [0.1, 0.15) is 0 Å². The fourth-order valence-corrected chi connectivity index (χ4v) is 5.33. The third-order valence-electron chi connectivity index (χ3n) is 5.65. The number of nitrogens with one attached hydrogen (secondary N) is 1. The lowest BCUT2D eigenvalue weighted by molar-refractivity contribution is -0.168. The average molecular weight is 471 g/mol. The maximum absolute atomic E-state index is 12.8. The zero-order valence-electron chi connectivity index (χ0n) is 19.3. The Bertz CT molecular complexity index is 841. The molecule has 1 rings (SSSR count). The highest BCUT2D eigenvalue weighted by Gasteiger charge is 2.51. The van der Waals surface area contributed by atoms with E-state index >= 15 is 0 Å². The predicted octanol–water partition coefficient (Wildman–Crippen LogP) is 2.81. The SMILES string of the molecule is CCOC(=O)C(CCc1ccccc1C(CC)(CC)P(=O)(O)O)(NC(C)=O)C(=O)OCC. The molecule has 0 aliphatic heterocycles. The Labute approximate surface area is 189 Å². The van der Waals surface area contributed by atoms with Gasteiger partial charge >= 0.3 is 19.5 Å². The van der Waals surface area contributed by atoms with Crippen LogP contribution in [0.2, 0.25) is 0 Å². The first kappa shape index (κ1) is 27.8. The van der Waals surface area contributed by atoms with Crippen molar-refractivity contribution >= 4 is 25.4 Å². The van der Waals surface area contributed by atoms with Crippen LogP contribution in [0.3, 0.4) is 0 Å². The summed E-state index contributed by atoms with van der Waals surface area (Å²) in [5, 5.41) is 0.999. The Morgan fingerprint density at radius 1 is 0.969 bits per heavy atom. The highest BCUT2D eigenvalue weighted by molar-refractivity contribution is 7.53. The molecular weight excluding hydrogens is 437 g/mol. The molecule has 32 heavy (non-hydrogen) atoms. The first-order chi connectivity index (χ1) is 15.0. The van der Waals surface area contributed by atoms with Crippen LogP contribution in [0, 0.1) is 0 Å². The van der Waals surface area contributed by atoms with Crippen molar-refractivity contribution in [3.8, 4) is 0 Å². The summed E-state index contributed by atoms with van der Waals surface area (Å²) in [6.45, 7) is 7.72. The molecule has 0 saturated carbocycles. The monoisotopic (exact) mass is 471 g/mol. The maximum Gasteiger partial charge on any atom is 0.343 e. The molecule has 0 radical (unpaired) electrons. The Morgan fingerprint density at radius 2 is 1.47 bits per heavy atom. The minimum absolute atomic E-state index is 0.0108. The van der Waals surface area contributed by atoms with E-state index in [9.17, 15) is 28.7 Å². The molecule has 0 aliphatic rings. The van der Waals surface area contributed by atoms with Gasteiger partial charge < -0.3 is 24.6 Å². The Morgan fingerprint density at radius 3 is 1.88 bits per heavy atom. The van der Waals surface area contributed by atoms with Crippen LogP contribution in [0.4, 0.5) is 0 Å². The van der Waals surface area contributed by atoms with Crippen molar-refractivity contribution in [3.63, 3.8) is 0 Å². The number of carbonyl (C=O) groups is 3. The van der Waals surface area contributed by atoms with E-state index in [1.54, 1.807) is 52.0 Å². The summed E-state index contributed by atoms with van der Waals surface area (Å²) in [6, 6.07) is 6.74. The number of hydrogen-bond donors (Lipinski definition) is 3. The average Bonchev–Trinajstić information content (AvgIpc) is 2.72. The summed E-state index contributed by atoms with van der Waals surface area (Å²) in [5.74, 6) is -2.51. The van der Waals surface area contributed by atoms with Gasteiger partial charge in [-0.1, -0.05) is 38.1 Å². The molecule has 1 aromatic carbocycles. The largest absolute Gasteiger partial charge is 0.464 e. The first-order valence-electron chi connectivity index (χ1n) is 10.7. The summed E-state index contributed by atoms with van der Waals surface area (Å²) in [4.78, 5) is 57.9. The van der Waals surface area contributed by atoms with E-state index in [1.165, 1.54) is 6.92 Å². The van der Waals surface area contributed by atoms with Crippen LogP contribution in [-0.2, 0) is 40.0 Å². The second kappa shape index (κ2) is 11.6. The quantitative estimate of drug-likeness (QED) is 0.240. The lowest BCUT2D eigenvalue weighted by Gasteiger charge is -2.35. The molecule has 1 aromatic rings. The smallest absolute Gasteiger partial charge is 0.343 e. The van der Waals surface area contributed by atoms with Gasteiger partial charge in [-0.2, -0.15) is 0 Å². The van der Waals surface area contributed by atoms with Crippen LogP contribution in [0.25, 0.3) is 0 Å². The van der Waals surface area contributed by atoms with Gasteiger partial charge in [-0.3, -0.25) is 9.36 Å². The lowest BCUT2D eigenvalue weighted by Crippen LogP contribution is -2.61. The molecule has 0 heterocycles. The van der Waals surface area contributed by atoms with Gasteiger partial charge in [-0.15, -0.1) is 0 Å². The summed E-state index contributed by atoms with van der Waals surface area (Å²) in [5.41, 5.74) is -1.07. The normalized spacial score (nSPS) is 12.2. The molecule has 0 aromatic heterocycles. The van der Waals surface area contributed by atoms with Crippen LogP contribution in [-0.4, -0.2) is 46.4 Å². The molecule has 10 heteroatoms. The van der Waals surface area contributed by atoms with Crippen molar-refractivity contribution in [2.45, 2.75) is 71.0 Å². The maximum atomic E-state index is 12.8. The molecule has 0 bridgehead atoms. The third-order valence-corrected chi connectivity index (χ3v) is 7.64. The van der Waals surface area contributed by atoms with Gasteiger partial charge in [0.05, 0.1) is 18.4 Å². The first-order valence-corrected chi connectivity index (χ1v) is 12.3. The van der Waals surface area contributed by atoms with Crippen LogP contribution in [0.1, 0.15) is 65.0 Å². The molecule has 3 N–H and O–H groups in total. The standard InChI is InChI=1S/C22H34NO8P/c1-6-21(7-2,32(27,28)29)18-13-11-10-12-17(18)14-15-22(23-16(5)24,19(25)30-8-3)20(26)31-9-4/h10-13H,6-9,14-15H2,1-5H3,(H,23,24)(H2,27,28,29). The number of aryl methyl sites for hydroxylation is 1. The summed E-state index contributed by atoms with van der Waals surface area (Å²) < 4.78 is 22.6. The third kappa shape index (κ3) is 5.77. The zero-order valence-corrected chi connectivity index (χ0v) is 20.2. The van der Waals surface area contributed by atoms with E-state index in [-0.39, 0.29) is 38.9 Å². The van der Waals surface area contributed by atoms with Crippen molar-refractivity contribution in [2.24, 2.45) is 0 Å². The Balaban J connectivity index is 3.55. The summed E-state index contributed by atoms with van der Waals surface area (Å²) >= 11 is 0. The van der Waals surface area contributed by atoms with E-state index in [2.05, 4.69) is 5.32 Å². The van der Waals surface area contributed by atoms with E-state index in [0.717, 1.165) is 0 Å². The van der Waals surface area contributed by atoms with Crippen molar-refractivity contribution in [1.29, 1.82) is 0 Å². The molecule has 0 atom stereocenters.